The van der Waals surface area contributed by atoms with Crippen molar-refractivity contribution in [2.75, 3.05) is 13.7 Å². The third kappa shape index (κ3) is 5.35. The van der Waals surface area contributed by atoms with Gasteiger partial charge in [0.15, 0.2) is 11.5 Å². The molecule has 0 aliphatic rings. The van der Waals surface area contributed by atoms with Crippen molar-refractivity contribution in [3.05, 3.63) is 59.2 Å². The number of methoxy groups -OCH3 is 1. The first-order valence-electron chi connectivity index (χ1n) is 7.53. The number of hydrogen-bond acceptors (Lipinski definition) is 5. The number of carbonyl (C=O) groups excluding carboxylic acids is 2. The first-order valence-corrected chi connectivity index (χ1v) is 7.53. The van der Waals surface area contributed by atoms with Crippen LogP contribution in [0.3, 0.4) is 0 Å². The molecule has 0 saturated heterocycles. The average Bonchev–Trinajstić information content (AvgIpc) is 2.61. The second-order valence-corrected chi connectivity index (χ2v) is 5.28. The lowest BCUT2D eigenvalue weighted by Crippen LogP contribution is -2.34. The summed E-state index contributed by atoms with van der Waals surface area (Å²) < 4.78 is 4.98. The predicted octanol–water partition coefficient (Wildman–Crippen LogP) is 1.59. The zero-order valence-electron chi connectivity index (χ0n) is 13.9. The molecule has 2 amide bonds. The van der Waals surface area contributed by atoms with Crippen LogP contribution in [0.1, 0.15) is 21.5 Å². The summed E-state index contributed by atoms with van der Waals surface area (Å²) in [6, 6.07) is 11.7. The Labute approximate surface area is 145 Å². The summed E-state index contributed by atoms with van der Waals surface area (Å²) in [5, 5.41) is 15.8. The molecule has 2 aromatic carbocycles. The van der Waals surface area contributed by atoms with Gasteiger partial charge >= 0.3 is 0 Å². The summed E-state index contributed by atoms with van der Waals surface area (Å²) in [6.45, 7) is 1.69. The van der Waals surface area contributed by atoms with Gasteiger partial charge in [0.25, 0.3) is 11.8 Å². The van der Waals surface area contributed by atoms with E-state index in [-0.39, 0.29) is 18.2 Å². The Bertz CT molecular complexity index is 803. The molecule has 0 aromatic heterocycles. The summed E-state index contributed by atoms with van der Waals surface area (Å²) in [5.74, 6) is -0.461. The molecule has 0 bridgehead atoms. The minimum absolute atomic E-state index is 0.0162. The van der Waals surface area contributed by atoms with Gasteiger partial charge in [0, 0.05) is 5.56 Å². The highest BCUT2D eigenvalue weighted by atomic mass is 16.5. The number of hydrazone groups is 1. The molecule has 0 aliphatic heterocycles. The van der Waals surface area contributed by atoms with Crippen LogP contribution >= 0.6 is 0 Å². The smallest absolute Gasteiger partial charge is 0.259 e. The Balaban J connectivity index is 1.83. The van der Waals surface area contributed by atoms with E-state index >= 15 is 0 Å². The second-order valence-electron chi connectivity index (χ2n) is 5.28. The number of carbonyl (C=O) groups is 2. The van der Waals surface area contributed by atoms with Crippen molar-refractivity contribution in [2.45, 2.75) is 6.92 Å². The van der Waals surface area contributed by atoms with Crippen molar-refractivity contribution in [3.63, 3.8) is 0 Å². The molecule has 0 spiro atoms. The van der Waals surface area contributed by atoms with E-state index in [4.69, 9.17) is 4.74 Å². The Morgan fingerprint density at radius 3 is 2.76 bits per heavy atom. The molecule has 0 heterocycles. The van der Waals surface area contributed by atoms with Crippen LogP contribution < -0.4 is 15.5 Å². The number of benzene rings is 2. The van der Waals surface area contributed by atoms with Crippen molar-refractivity contribution in [1.82, 2.24) is 10.7 Å². The highest BCUT2D eigenvalue weighted by molar-refractivity contribution is 5.96. The van der Waals surface area contributed by atoms with Crippen molar-refractivity contribution >= 4 is 18.0 Å². The van der Waals surface area contributed by atoms with E-state index in [2.05, 4.69) is 15.8 Å². The van der Waals surface area contributed by atoms with Crippen LogP contribution in [0.15, 0.2) is 47.6 Å². The number of ether oxygens (including phenoxy) is 1. The largest absolute Gasteiger partial charge is 0.504 e. The van der Waals surface area contributed by atoms with E-state index in [0.29, 0.717) is 16.9 Å². The number of phenols is 1. The first kappa shape index (κ1) is 18.0. The van der Waals surface area contributed by atoms with E-state index in [1.807, 2.05) is 13.0 Å². The molecule has 0 atom stereocenters. The van der Waals surface area contributed by atoms with Crippen molar-refractivity contribution < 1.29 is 19.4 Å². The number of nitrogens with one attached hydrogen (secondary N) is 2. The molecule has 7 heteroatoms. The fourth-order valence-corrected chi connectivity index (χ4v) is 2.04. The predicted molar refractivity (Wildman–Crippen MR) is 93.9 cm³/mol. The van der Waals surface area contributed by atoms with Crippen molar-refractivity contribution in [3.8, 4) is 11.5 Å². The summed E-state index contributed by atoms with van der Waals surface area (Å²) in [4.78, 5) is 23.6. The molecule has 2 aromatic rings. The number of aryl methyl sites for hydroxylation is 1. The Kier molecular flexibility index (Phi) is 6.11. The summed E-state index contributed by atoms with van der Waals surface area (Å²) in [6.07, 6.45) is 1.40. The Hall–Kier alpha value is -3.35. The van der Waals surface area contributed by atoms with Gasteiger partial charge in [-0.1, -0.05) is 17.7 Å². The molecule has 7 nitrogen and oxygen atoms in total. The van der Waals surface area contributed by atoms with Crippen LogP contribution in [0.5, 0.6) is 11.5 Å². The van der Waals surface area contributed by atoms with Crippen LogP contribution in [0.25, 0.3) is 0 Å². The van der Waals surface area contributed by atoms with Crippen molar-refractivity contribution in [2.24, 2.45) is 5.10 Å². The second kappa shape index (κ2) is 8.49. The van der Waals surface area contributed by atoms with Crippen LogP contribution in [-0.4, -0.2) is 36.8 Å². The van der Waals surface area contributed by atoms with Gasteiger partial charge in [0.05, 0.1) is 19.9 Å². The molecule has 3 N–H and O–H groups in total. The molecule has 0 unspecified atom stereocenters. The molecule has 0 fully saturated rings. The standard InChI is InChI=1S/C18H19N3O4/c1-12-4-3-5-14(8-12)18(24)19-11-17(23)21-20-10-13-6-7-15(22)16(9-13)25-2/h3-10,22H,11H2,1-2H3,(H,19,24)(H,21,23)/b20-10-. The van der Waals surface area contributed by atoms with E-state index in [9.17, 15) is 14.7 Å². The minimum atomic E-state index is -0.456. The van der Waals surface area contributed by atoms with Gasteiger partial charge in [-0.3, -0.25) is 9.59 Å². The molecule has 25 heavy (non-hydrogen) atoms. The maximum Gasteiger partial charge on any atom is 0.259 e. The van der Waals surface area contributed by atoms with Gasteiger partial charge in [-0.05, 0) is 42.8 Å². The summed E-state index contributed by atoms with van der Waals surface area (Å²) in [5.41, 5.74) is 4.41. The molecule has 0 saturated carbocycles. The fourth-order valence-electron chi connectivity index (χ4n) is 2.04. The van der Waals surface area contributed by atoms with Gasteiger partial charge in [0.1, 0.15) is 0 Å². The maximum atomic E-state index is 11.9. The lowest BCUT2D eigenvalue weighted by Gasteiger charge is -2.05. The molecular formula is C18H19N3O4. The number of nitrogens with zero attached hydrogens (tertiary/aromatic N) is 1. The van der Waals surface area contributed by atoms with Gasteiger partial charge in [-0.15, -0.1) is 0 Å². The zero-order valence-corrected chi connectivity index (χ0v) is 13.9. The van der Waals surface area contributed by atoms with Crippen LogP contribution in [0, 0.1) is 6.92 Å². The van der Waals surface area contributed by atoms with E-state index in [1.165, 1.54) is 19.4 Å². The van der Waals surface area contributed by atoms with Crippen molar-refractivity contribution in [1.29, 1.82) is 0 Å². The lowest BCUT2D eigenvalue weighted by atomic mass is 10.1. The minimum Gasteiger partial charge on any atom is -0.504 e. The normalized spacial score (nSPS) is 10.5. The third-order valence-electron chi connectivity index (χ3n) is 3.30. The highest BCUT2D eigenvalue weighted by Gasteiger charge is 2.07. The first-order chi connectivity index (χ1) is 12.0. The molecule has 130 valence electrons. The summed E-state index contributed by atoms with van der Waals surface area (Å²) >= 11 is 0. The maximum absolute atomic E-state index is 11.9. The van der Waals surface area contributed by atoms with E-state index in [0.717, 1.165) is 5.56 Å². The molecule has 0 aliphatic carbocycles. The van der Waals surface area contributed by atoms with Crippen LogP contribution in [0.2, 0.25) is 0 Å². The number of amides is 2. The lowest BCUT2D eigenvalue weighted by molar-refractivity contribution is -0.120. The Morgan fingerprint density at radius 2 is 2.04 bits per heavy atom. The monoisotopic (exact) mass is 341 g/mol. The van der Waals surface area contributed by atoms with Crippen LogP contribution in [0.4, 0.5) is 0 Å². The quantitative estimate of drug-likeness (QED) is 0.549. The topological polar surface area (TPSA) is 100 Å². The fraction of sp³-hybridized carbons (Fsp3) is 0.167. The molecule has 2 rings (SSSR count). The Morgan fingerprint density at radius 1 is 1.24 bits per heavy atom. The van der Waals surface area contributed by atoms with Crippen LogP contribution in [-0.2, 0) is 4.79 Å². The van der Waals surface area contributed by atoms with E-state index < -0.39 is 5.91 Å². The molecule has 0 radical (unpaired) electrons. The number of hydrogen-bond donors (Lipinski definition) is 3. The van der Waals surface area contributed by atoms with Gasteiger partial charge in [-0.25, -0.2) is 5.43 Å². The zero-order chi connectivity index (χ0) is 18.2. The summed E-state index contributed by atoms with van der Waals surface area (Å²) in [7, 11) is 1.44. The number of phenolic OH excluding ortho intramolecular Hbond substituents is 1. The average molecular weight is 341 g/mol. The SMILES string of the molecule is COc1cc(/C=N\NC(=O)CNC(=O)c2cccc(C)c2)ccc1O. The van der Waals surface area contributed by atoms with Gasteiger partial charge in [0.2, 0.25) is 0 Å². The third-order valence-corrected chi connectivity index (χ3v) is 3.30. The van der Waals surface area contributed by atoms with E-state index in [1.54, 1.807) is 30.3 Å². The molecular weight excluding hydrogens is 322 g/mol. The number of rotatable bonds is 6. The van der Waals surface area contributed by atoms with Gasteiger partial charge < -0.3 is 15.2 Å². The van der Waals surface area contributed by atoms with Gasteiger partial charge in [-0.2, -0.15) is 5.10 Å². The highest BCUT2D eigenvalue weighted by Crippen LogP contribution is 2.25. The number of aromatic hydroxyl groups is 1.